The molecule has 154 valence electrons. The van der Waals surface area contributed by atoms with E-state index >= 15 is 0 Å². The first kappa shape index (κ1) is 21.9. The molecule has 0 aliphatic rings. The molecule has 0 aliphatic heterocycles. The fourth-order valence-electron chi connectivity index (χ4n) is 2.20. The molecule has 1 heterocycles. The molecule has 0 atom stereocenters. The second-order valence-corrected chi connectivity index (χ2v) is 9.46. The number of aromatic nitrogens is 2. The van der Waals surface area contributed by atoms with Crippen molar-refractivity contribution in [3.63, 3.8) is 0 Å². The number of nitro benzene ring substituents is 1. The van der Waals surface area contributed by atoms with Gasteiger partial charge in [-0.3, -0.25) is 14.9 Å². The standard InChI is InChI=1S/C19H17N5O3S3/c1-13-5-7-14(8-6-13)11-28-18-22-23-19(30-18)29-12-17(25)21-20-10-15-3-2-4-16(9-15)24(26)27/h2-10H,11-12H2,1H3,(H,21,25). The molecule has 0 fully saturated rings. The maximum Gasteiger partial charge on any atom is 0.270 e. The van der Waals surface area contributed by atoms with Crippen molar-refractivity contribution in [2.75, 3.05) is 5.75 Å². The SMILES string of the molecule is Cc1ccc(CSc2nnc(SCC(=O)NN=Cc3cccc([N+](=O)[O-])c3)s2)cc1. The first-order valence-electron chi connectivity index (χ1n) is 8.70. The number of rotatable bonds is 9. The zero-order valence-electron chi connectivity index (χ0n) is 15.8. The van der Waals surface area contributed by atoms with Gasteiger partial charge in [0.05, 0.1) is 16.9 Å². The van der Waals surface area contributed by atoms with Crippen LogP contribution in [0.15, 0.2) is 62.3 Å². The van der Waals surface area contributed by atoms with Gasteiger partial charge in [-0.15, -0.1) is 10.2 Å². The molecule has 30 heavy (non-hydrogen) atoms. The van der Waals surface area contributed by atoms with Crippen molar-refractivity contribution >= 4 is 52.7 Å². The fourth-order valence-corrected chi connectivity index (χ4v) is 4.97. The molecule has 0 saturated heterocycles. The van der Waals surface area contributed by atoms with Crippen molar-refractivity contribution in [2.24, 2.45) is 5.10 Å². The van der Waals surface area contributed by atoms with Gasteiger partial charge in [0.2, 0.25) is 0 Å². The summed E-state index contributed by atoms with van der Waals surface area (Å²) in [6.45, 7) is 2.06. The minimum Gasteiger partial charge on any atom is -0.272 e. The molecular formula is C19H17N5O3S3. The molecule has 0 bridgehead atoms. The van der Waals surface area contributed by atoms with Gasteiger partial charge in [-0.2, -0.15) is 5.10 Å². The van der Waals surface area contributed by atoms with E-state index < -0.39 is 4.92 Å². The lowest BCUT2D eigenvalue weighted by Gasteiger charge is -1.99. The van der Waals surface area contributed by atoms with Crippen molar-refractivity contribution in [2.45, 2.75) is 21.4 Å². The number of thioether (sulfide) groups is 2. The minimum atomic E-state index is -0.484. The highest BCUT2D eigenvalue weighted by Gasteiger charge is 2.09. The predicted molar refractivity (Wildman–Crippen MR) is 120 cm³/mol. The van der Waals surface area contributed by atoms with Crippen molar-refractivity contribution < 1.29 is 9.72 Å². The summed E-state index contributed by atoms with van der Waals surface area (Å²) in [5.41, 5.74) is 5.34. The number of carbonyl (C=O) groups excluding carboxylic acids is 1. The lowest BCUT2D eigenvalue weighted by molar-refractivity contribution is -0.384. The Morgan fingerprint density at radius 1 is 1.20 bits per heavy atom. The highest BCUT2D eigenvalue weighted by Crippen LogP contribution is 2.30. The van der Waals surface area contributed by atoms with E-state index in [9.17, 15) is 14.9 Å². The van der Waals surface area contributed by atoms with Crippen LogP contribution in [0.1, 0.15) is 16.7 Å². The van der Waals surface area contributed by atoms with Crippen LogP contribution in [-0.2, 0) is 10.5 Å². The quantitative estimate of drug-likeness (QED) is 0.220. The van der Waals surface area contributed by atoms with Crippen LogP contribution < -0.4 is 5.43 Å². The number of amides is 1. The summed E-state index contributed by atoms with van der Waals surface area (Å²) in [5.74, 6) is 0.654. The van der Waals surface area contributed by atoms with Crippen LogP contribution in [0, 0.1) is 17.0 Å². The van der Waals surface area contributed by atoms with Gasteiger partial charge in [0.15, 0.2) is 8.68 Å². The Balaban J connectivity index is 1.42. The summed E-state index contributed by atoms with van der Waals surface area (Å²) >= 11 is 4.33. The topological polar surface area (TPSA) is 110 Å². The molecule has 1 aromatic heterocycles. The van der Waals surface area contributed by atoms with Gasteiger partial charge in [-0.25, -0.2) is 5.43 Å². The van der Waals surface area contributed by atoms with Gasteiger partial charge < -0.3 is 0 Å². The molecule has 0 saturated carbocycles. The molecule has 0 unspecified atom stereocenters. The number of hydrazone groups is 1. The molecule has 0 spiro atoms. The molecule has 3 aromatic rings. The Morgan fingerprint density at radius 2 is 1.93 bits per heavy atom. The summed E-state index contributed by atoms with van der Waals surface area (Å²) in [4.78, 5) is 22.2. The summed E-state index contributed by atoms with van der Waals surface area (Å²) in [6, 6.07) is 14.3. The second kappa shape index (κ2) is 10.9. The normalized spacial score (nSPS) is 11.0. The van der Waals surface area contributed by atoms with Crippen molar-refractivity contribution in [1.29, 1.82) is 0 Å². The van der Waals surface area contributed by atoms with E-state index in [0.29, 0.717) is 9.90 Å². The molecule has 11 heteroatoms. The number of benzene rings is 2. The highest BCUT2D eigenvalue weighted by atomic mass is 32.2. The molecule has 2 aromatic carbocycles. The third-order valence-electron chi connectivity index (χ3n) is 3.68. The minimum absolute atomic E-state index is 0.0341. The third kappa shape index (κ3) is 6.94. The lowest BCUT2D eigenvalue weighted by Crippen LogP contribution is -2.19. The van der Waals surface area contributed by atoms with E-state index in [0.717, 1.165) is 10.1 Å². The smallest absolute Gasteiger partial charge is 0.270 e. The van der Waals surface area contributed by atoms with E-state index in [4.69, 9.17) is 0 Å². The van der Waals surface area contributed by atoms with E-state index in [-0.39, 0.29) is 17.3 Å². The van der Waals surface area contributed by atoms with Crippen molar-refractivity contribution in [3.05, 3.63) is 75.3 Å². The number of nitrogens with one attached hydrogen (secondary N) is 1. The molecule has 3 rings (SSSR count). The van der Waals surface area contributed by atoms with Crippen LogP contribution in [0.3, 0.4) is 0 Å². The molecule has 1 N–H and O–H groups in total. The predicted octanol–water partition coefficient (Wildman–Crippen LogP) is 4.29. The fraction of sp³-hybridized carbons (Fsp3) is 0.158. The average Bonchev–Trinajstić information content (AvgIpc) is 3.20. The largest absolute Gasteiger partial charge is 0.272 e. The van der Waals surface area contributed by atoms with Gasteiger partial charge in [0.1, 0.15) is 0 Å². The van der Waals surface area contributed by atoms with E-state index in [1.165, 1.54) is 52.6 Å². The number of non-ortho nitro benzene ring substituents is 1. The van der Waals surface area contributed by atoms with Crippen LogP contribution >= 0.6 is 34.9 Å². The van der Waals surface area contributed by atoms with Gasteiger partial charge in [-0.1, -0.05) is 76.8 Å². The number of nitro groups is 1. The Bertz CT molecular complexity index is 1050. The van der Waals surface area contributed by atoms with Crippen LogP contribution in [0.25, 0.3) is 0 Å². The number of nitrogens with zero attached hydrogens (tertiary/aromatic N) is 4. The second-order valence-electron chi connectivity index (χ2n) is 6.04. The summed E-state index contributed by atoms with van der Waals surface area (Å²) in [5, 5.41) is 22.8. The van der Waals surface area contributed by atoms with E-state index in [1.807, 2.05) is 0 Å². The highest BCUT2D eigenvalue weighted by molar-refractivity contribution is 8.03. The zero-order valence-corrected chi connectivity index (χ0v) is 18.3. The zero-order chi connectivity index (χ0) is 21.3. The van der Waals surface area contributed by atoms with Crippen molar-refractivity contribution in [1.82, 2.24) is 15.6 Å². The first-order chi connectivity index (χ1) is 14.5. The maximum absolute atomic E-state index is 11.9. The maximum atomic E-state index is 11.9. The van der Waals surface area contributed by atoms with E-state index in [1.54, 1.807) is 23.9 Å². The molecular weight excluding hydrogens is 442 g/mol. The molecule has 8 nitrogen and oxygen atoms in total. The van der Waals surface area contributed by atoms with E-state index in [2.05, 4.69) is 51.9 Å². The van der Waals surface area contributed by atoms with Crippen molar-refractivity contribution in [3.8, 4) is 0 Å². The Hall–Kier alpha value is -2.76. The van der Waals surface area contributed by atoms with Gasteiger partial charge >= 0.3 is 0 Å². The molecule has 0 aliphatic carbocycles. The monoisotopic (exact) mass is 459 g/mol. The third-order valence-corrected chi connectivity index (χ3v) is 6.94. The van der Waals surface area contributed by atoms with Crippen LogP contribution in [0.4, 0.5) is 5.69 Å². The molecule has 0 radical (unpaired) electrons. The van der Waals surface area contributed by atoms with Crippen LogP contribution in [-0.4, -0.2) is 33.0 Å². The van der Waals surface area contributed by atoms with Gasteiger partial charge in [0.25, 0.3) is 11.6 Å². The Kier molecular flexibility index (Phi) is 7.94. The number of hydrogen-bond donors (Lipinski definition) is 1. The number of aryl methyl sites for hydroxylation is 1. The average molecular weight is 460 g/mol. The first-order valence-corrected chi connectivity index (χ1v) is 11.5. The van der Waals surface area contributed by atoms with Crippen LogP contribution in [0.2, 0.25) is 0 Å². The van der Waals surface area contributed by atoms with Gasteiger partial charge in [-0.05, 0) is 12.5 Å². The number of hydrogen-bond acceptors (Lipinski definition) is 9. The summed E-state index contributed by atoms with van der Waals surface area (Å²) in [7, 11) is 0. The van der Waals surface area contributed by atoms with Crippen LogP contribution in [0.5, 0.6) is 0 Å². The Morgan fingerprint density at radius 3 is 2.67 bits per heavy atom. The summed E-state index contributed by atoms with van der Waals surface area (Å²) in [6.07, 6.45) is 1.36. The molecule has 1 amide bonds. The summed E-state index contributed by atoms with van der Waals surface area (Å²) < 4.78 is 1.56. The number of carbonyl (C=O) groups is 1. The Labute approximate surface area is 185 Å². The lowest BCUT2D eigenvalue weighted by atomic mass is 10.2. The van der Waals surface area contributed by atoms with Gasteiger partial charge in [0, 0.05) is 23.4 Å².